The second kappa shape index (κ2) is 3.70. The van der Waals surface area contributed by atoms with Gasteiger partial charge in [-0.2, -0.15) is 5.10 Å². The molecule has 4 heteroatoms. The molecular formula is C12H13N3O. The standard InChI is InChI=1S/C12H13N3O/c16-10-5-3-9(4-6-10)11-2-1-7-15-12(11)13-8-14-15/h1-2,7-9H,3-6H2. The molecule has 0 N–H and O–H groups in total. The van der Waals surface area contributed by atoms with E-state index in [-0.39, 0.29) is 0 Å². The molecule has 0 bridgehead atoms. The molecule has 1 aliphatic carbocycles. The van der Waals surface area contributed by atoms with Gasteiger partial charge in [-0.1, -0.05) is 6.07 Å². The summed E-state index contributed by atoms with van der Waals surface area (Å²) < 4.78 is 1.80. The monoisotopic (exact) mass is 215 g/mol. The highest BCUT2D eigenvalue weighted by Gasteiger charge is 2.22. The highest BCUT2D eigenvalue weighted by atomic mass is 16.1. The summed E-state index contributed by atoms with van der Waals surface area (Å²) in [6.45, 7) is 0. The van der Waals surface area contributed by atoms with E-state index < -0.39 is 0 Å². The minimum Gasteiger partial charge on any atom is -0.300 e. The average Bonchev–Trinajstić information content (AvgIpc) is 2.78. The van der Waals surface area contributed by atoms with Crippen molar-refractivity contribution >= 4 is 11.4 Å². The molecule has 0 unspecified atom stereocenters. The number of hydrogen-bond donors (Lipinski definition) is 0. The van der Waals surface area contributed by atoms with Crippen molar-refractivity contribution < 1.29 is 4.79 Å². The lowest BCUT2D eigenvalue weighted by Gasteiger charge is -2.21. The van der Waals surface area contributed by atoms with Crippen LogP contribution in [0.15, 0.2) is 24.7 Å². The summed E-state index contributed by atoms with van der Waals surface area (Å²) in [6, 6.07) is 4.10. The largest absolute Gasteiger partial charge is 0.300 e. The first-order chi connectivity index (χ1) is 7.84. The van der Waals surface area contributed by atoms with Crippen molar-refractivity contribution in [3.63, 3.8) is 0 Å². The summed E-state index contributed by atoms with van der Waals surface area (Å²) in [5.74, 6) is 0.857. The van der Waals surface area contributed by atoms with Gasteiger partial charge in [0.05, 0.1) is 0 Å². The summed E-state index contributed by atoms with van der Waals surface area (Å²) in [4.78, 5) is 15.5. The minimum atomic E-state index is 0.393. The quantitative estimate of drug-likeness (QED) is 0.730. The van der Waals surface area contributed by atoms with Gasteiger partial charge in [0.15, 0.2) is 5.65 Å². The second-order valence-corrected chi connectivity index (χ2v) is 4.30. The molecule has 0 aliphatic heterocycles. The van der Waals surface area contributed by atoms with Crippen molar-refractivity contribution in [1.29, 1.82) is 0 Å². The zero-order valence-corrected chi connectivity index (χ0v) is 8.97. The van der Waals surface area contributed by atoms with Crippen molar-refractivity contribution in [3.8, 4) is 0 Å². The molecule has 0 saturated heterocycles. The molecular weight excluding hydrogens is 202 g/mol. The first-order valence-corrected chi connectivity index (χ1v) is 5.64. The fraction of sp³-hybridized carbons (Fsp3) is 0.417. The smallest absolute Gasteiger partial charge is 0.158 e. The van der Waals surface area contributed by atoms with Gasteiger partial charge in [0.2, 0.25) is 0 Å². The summed E-state index contributed by atoms with van der Waals surface area (Å²) in [6.07, 6.45) is 6.79. The van der Waals surface area contributed by atoms with Crippen LogP contribution < -0.4 is 0 Å². The Bertz CT molecular complexity index is 522. The highest BCUT2D eigenvalue weighted by molar-refractivity contribution is 5.79. The Morgan fingerprint density at radius 2 is 2.12 bits per heavy atom. The van der Waals surface area contributed by atoms with Gasteiger partial charge in [0, 0.05) is 24.6 Å². The molecule has 16 heavy (non-hydrogen) atoms. The van der Waals surface area contributed by atoms with Gasteiger partial charge in [-0.05, 0) is 24.8 Å². The van der Waals surface area contributed by atoms with E-state index in [1.165, 1.54) is 5.56 Å². The number of Topliss-reactive ketones (excluding diaryl/α,β-unsaturated/α-hetero) is 1. The van der Waals surface area contributed by atoms with Gasteiger partial charge >= 0.3 is 0 Å². The van der Waals surface area contributed by atoms with Crippen LogP contribution in [0.25, 0.3) is 5.65 Å². The lowest BCUT2D eigenvalue weighted by Crippen LogP contribution is -2.13. The molecule has 1 fully saturated rings. The third-order valence-electron chi connectivity index (χ3n) is 3.32. The van der Waals surface area contributed by atoms with E-state index >= 15 is 0 Å². The van der Waals surface area contributed by atoms with Gasteiger partial charge in [0.25, 0.3) is 0 Å². The van der Waals surface area contributed by atoms with Crippen molar-refractivity contribution in [2.24, 2.45) is 0 Å². The number of carbonyl (C=O) groups is 1. The van der Waals surface area contributed by atoms with Crippen molar-refractivity contribution in [2.75, 3.05) is 0 Å². The lowest BCUT2D eigenvalue weighted by molar-refractivity contribution is -0.120. The van der Waals surface area contributed by atoms with Crippen LogP contribution in [-0.2, 0) is 4.79 Å². The Kier molecular flexibility index (Phi) is 2.20. The first kappa shape index (κ1) is 9.51. The summed E-state index contributed by atoms with van der Waals surface area (Å²) >= 11 is 0. The fourth-order valence-corrected chi connectivity index (χ4v) is 2.44. The molecule has 3 rings (SSSR count). The number of rotatable bonds is 1. The Balaban J connectivity index is 1.99. The number of aromatic nitrogens is 3. The highest BCUT2D eigenvalue weighted by Crippen LogP contribution is 2.32. The van der Waals surface area contributed by atoms with E-state index in [0.29, 0.717) is 24.5 Å². The van der Waals surface area contributed by atoms with Gasteiger partial charge in [-0.3, -0.25) is 4.79 Å². The van der Waals surface area contributed by atoms with Crippen molar-refractivity contribution in [2.45, 2.75) is 31.6 Å². The molecule has 0 aromatic carbocycles. The summed E-state index contributed by atoms with van der Waals surface area (Å²) in [5, 5.41) is 4.13. The molecule has 4 nitrogen and oxygen atoms in total. The molecule has 0 amide bonds. The van der Waals surface area contributed by atoms with Crippen LogP contribution in [0.1, 0.15) is 37.2 Å². The second-order valence-electron chi connectivity index (χ2n) is 4.30. The Morgan fingerprint density at radius 1 is 1.31 bits per heavy atom. The third kappa shape index (κ3) is 1.50. The number of pyridine rings is 1. The van der Waals surface area contributed by atoms with E-state index in [0.717, 1.165) is 18.5 Å². The van der Waals surface area contributed by atoms with E-state index in [9.17, 15) is 4.79 Å². The Hall–Kier alpha value is -1.71. The SMILES string of the molecule is O=C1CCC(c2cccn3ncnc23)CC1. The van der Waals surface area contributed by atoms with Crippen LogP contribution in [0, 0.1) is 0 Å². The van der Waals surface area contributed by atoms with Crippen LogP contribution in [0.3, 0.4) is 0 Å². The van der Waals surface area contributed by atoms with Crippen molar-refractivity contribution in [3.05, 3.63) is 30.2 Å². The Morgan fingerprint density at radius 3 is 2.94 bits per heavy atom. The van der Waals surface area contributed by atoms with Gasteiger partial charge in [-0.25, -0.2) is 9.50 Å². The van der Waals surface area contributed by atoms with Crippen LogP contribution in [0.2, 0.25) is 0 Å². The molecule has 1 aliphatic rings. The number of hydrogen-bond acceptors (Lipinski definition) is 3. The summed E-state index contributed by atoms with van der Waals surface area (Å²) in [7, 11) is 0. The summed E-state index contributed by atoms with van der Waals surface area (Å²) in [5.41, 5.74) is 2.16. The lowest BCUT2D eigenvalue weighted by atomic mass is 9.84. The maximum atomic E-state index is 11.2. The van der Waals surface area contributed by atoms with E-state index in [1.807, 2.05) is 12.3 Å². The normalized spacial score (nSPS) is 18.1. The molecule has 0 atom stereocenters. The van der Waals surface area contributed by atoms with Crippen LogP contribution in [-0.4, -0.2) is 20.4 Å². The number of nitrogens with zero attached hydrogens (tertiary/aromatic N) is 3. The molecule has 2 heterocycles. The zero-order valence-electron chi connectivity index (χ0n) is 8.97. The van der Waals surface area contributed by atoms with E-state index in [4.69, 9.17) is 0 Å². The molecule has 2 aromatic heterocycles. The number of ketones is 1. The van der Waals surface area contributed by atoms with Crippen molar-refractivity contribution in [1.82, 2.24) is 14.6 Å². The van der Waals surface area contributed by atoms with E-state index in [2.05, 4.69) is 16.1 Å². The molecule has 0 radical (unpaired) electrons. The van der Waals surface area contributed by atoms with Crippen LogP contribution >= 0.6 is 0 Å². The fourth-order valence-electron chi connectivity index (χ4n) is 2.44. The predicted molar refractivity (Wildman–Crippen MR) is 59.2 cm³/mol. The minimum absolute atomic E-state index is 0.393. The Labute approximate surface area is 93.3 Å². The first-order valence-electron chi connectivity index (χ1n) is 5.64. The number of carbonyl (C=O) groups excluding carboxylic acids is 1. The van der Waals surface area contributed by atoms with Gasteiger partial charge < -0.3 is 0 Å². The number of fused-ring (bicyclic) bond motifs is 1. The van der Waals surface area contributed by atoms with E-state index in [1.54, 1.807) is 10.8 Å². The van der Waals surface area contributed by atoms with Crippen LogP contribution in [0.5, 0.6) is 0 Å². The maximum Gasteiger partial charge on any atom is 0.158 e. The molecule has 0 spiro atoms. The molecule has 82 valence electrons. The average molecular weight is 215 g/mol. The van der Waals surface area contributed by atoms with Crippen LogP contribution in [0.4, 0.5) is 0 Å². The molecule has 2 aromatic rings. The van der Waals surface area contributed by atoms with Gasteiger partial charge in [-0.15, -0.1) is 0 Å². The molecule has 1 saturated carbocycles. The van der Waals surface area contributed by atoms with Gasteiger partial charge in [0.1, 0.15) is 12.1 Å². The predicted octanol–water partition coefficient (Wildman–Crippen LogP) is 1.96. The topological polar surface area (TPSA) is 47.3 Å². The third-order valence-corrected chi connectivity index (χ3v) is 3.32. The maximum absolute atomic E-state index is 11.2. The zero-order chi connectivity index (χ0) is 11.0.